The molecule has 13 nitrogen and oxygen atoms in total. The Morgan fingerprint density at radius 3 is 2.81 bits per heavy atom. The molecule has 0 aromatic heterocycles. The molecule has 3 aliphatic rings. The fraction of sp³-hybridized carbons (Fsp3) is 0.474. The van der Waals surface area contributed by atoms with Gasteiger partial charge in [-0.05, 0) is 5.56 Å². The van der Waals surface area contributed by atoms with Gasteiger partial charge in [0.25, 0.3) is 11.4 Å². The highest BCUT2D eigenvalue weighted by Gasteiger charge is 2.50. The number of benzene rings is 1. The van der Waals surface area contributed by atoms with E-state index in [0.717, 1.165) is 11.9 Å². The van der Waals surface area contributed by atoms with Crippen LogP contribution in [-0.2, 0) is 20.7 Å². The van der Waals surface area contributed by atoms with Crippen molar-refractivity contribution >= 4 is 29.5 Å². The maximum absolute atomic E-state index is 12.8. The van der Waals surface area contributed by atoms with Crippen LogP contribution in [-0.4, -0.2) is 87.9 Å². The number of esters is 1. The molecular formula is C19H22N6O7. The fourth-order valence-corrected chi connectivity index (χ4v) is 3.69. The van der Waals surface area contributed by atoms with Crippen molar-refractivity contribution < 1.29 is 29.4 Å². The molecule has 170 valence electrons. The van der Waals surface area contributed by atoms with Gasteiger partial charge in [0.05, 0.1) is 24.2 Å². The van der Waals surface area contributed by atoms with Crippen molar-refractivity contribution in [1.82, 2.24) is 4.90 Å². The zero-order chi connectivity index (χ0) is 22.9. The Bertz CT molecular complexity index is 994. The Labute approximate surface area is 182 Å². The van der Waals surface area contributed by atoms with Crippen LogP contribution in [0.15, 0.2) is 39.2 Å². The van der Waals surface area contributed by atoms with Gasteiger partial charge in [-0.1, -0.05) is 12.1 Å². The van der Waals surface area contributed by atoms with E-state index in [1.807, 2.05) is 0 Å². The summed E-state index contributed by atoms with van der Waals surface area (Å²) in [5.74, 6) is -0.519. The fourth-order valence-electron chi connectivity index (χ4n) is 3.69. The lowest BCUT2D eigenvalue weighted by atomic mass is 10.0. The van der Waals surface area contributed by atoms with E-state index in [2.05, 4.69) is 15.0 Å². The first-order valence-corrected chi connectivity index (χ1v) is 9.90. The van der Waals surface area contributed by atoms with Crippen LogP contribution in [0.2, 0.25) is 0 Å². The molecule has 1 aromatic carbocycles. The number of nitrogens with zero attached hydrogens (tertiary/aromatic N) is 5. The van der Waals surface area contributed by atoms with Crippen molar-refractivity contribution in [3.05, 3.63) is 39.9 Å². The highest BCUT2D eigenvalue weighted by molar-refractivity contribution is 6.51. The third-order valence-electron chi connectivity index (χ3n) is 5.48. The maximum Gasteiger partial charge on any atom is 0.355 e. The maximum atomic E-state index is 12.8. The molecule has 0 bridgehead atoms. The van der Waals surface area contributed by atoms with Crippen molar-refractivity contribution in [2.24, 2.45) is 20.7 Å². The zero-order valence-electron chi connectivity index (χ0n) is 16.9. The monoisotopic (exact) mass is 446 g/mol. The number of aliphatic imine (C=N–C) groups is 3. The number of nitro benzene ring substituents is 1. The Balaban J connectivity index is 1.38. The van der Waals surface area contributed by atoms with Crippen molar-refractivity contribution in [2.75, 3.05) is 19.9 Å². The molecule has 3 heterocycles. The number of amidine groups is 1. The molecule has 0 radical (unpaired) electrons. The second-order valence-electron chi connectivity index (χ2n) is 7.51. The quantitative estimate of drug-likeness (QED) is 0.267. The van der Waals surface area contributed by atoms with Crippen LogP contribution >= 0.6 is 0 Å². The number of non-ortho nitro benzene ring substituents is 1. The number of nitro groups is 1. The molecule has 0 saturated carbocycles. The highest BCUT2D eigenvalue weighted by atomic mass is 16.6. The van der Waals surface area contributed by atoms with E-state index in [4.69, 9.17) is 15.2 Å². The molecule has 3 aliphatic heterocycles. The van der Waals surface area contributed by atoms with Crippen molar-refractivity contribution in [3.63, 3.8) is 0 Å². The molecular weight excluding hydrogens is 424 g/mol. The normalized spacial score (nSPS) is 28.8. The SMILES string of the molecule is NC1(C(=O)OCCc2ccc([N+](=O)[O-])cc2)N=CN=C2C1=NCN2[C@H]1C[C@H](O)[C@@H](CO)O1. The number of nitrogens with two attached hydrogens (primary N) is 1. The standard InChI is InChI=1S/C19H22N6O7/c20-19(18(28)31-6-5-11-1-3-12(4-2-11)25(29)30)16-17(21-9-23-19)24(10-22-16)15-7-13(27)14(8-26)32-15/h1-4,9,13-15,26-27H,5-8,10,20H2/t13-,14+,15+,19?/m0/s1. The minimum absolute atomic E-state index is 0.00923. The number of hydrogen-bond acceptors (Lipinski definition) is 12. The lowest BCUT2D eigenvalue weighted by molar-refractivity contribution is -0.384. The average molecular weight is 446 g/mol. The van der Waals surface area contributed by atoms with Crippen LogP contribution in [0.4, 0.5) is 5.69 Å². The van der Waals surface area contributed by atoms with Crippen LogP contribution < -0.4 is 5.73 Å². The third-order valence-corrected chi connectivity index (χ3v) is 5.48. The lowest BCUT2D eigenvalue weighted by Gasteiger charge is -2.30. The second kappa shape index (κ2) is 8.70. The van der Waals surface area contributed by atoms with Crippen LogP contribution in [0.25, 0.3) is 0 Å². The largest absolute Gasteiger partial charge is 0.462 e. The number of aliphatic hydroxyl groups is 2. The Morgan fingerprint density at radius 1 is 1.41 bits per heavy atom. The summed E-state index contributed by atoms with van der Waals surface area (Å²) < 4.78 is 11.0. The van der Waals surface area contributed by atoms with Gasteiger partial charge in [0.2, 0.25) is 0 Å². The second-order valence-corrected chi connectivity index (χ2v) is 7.51. The van der Waals surface area contributed by atoms with E-state index >= 15 is 0 Å². The van der Waals surface area contributed by atoms with Crippen LogP contribution in [0.3, 0.4) is 0 Å². The minimum atomic E-state index is -1.88. The van der Waals surface area contributed by atoms with Gasteiger partial charge in [-0.25, -0.2) is 14.8 Å². The number of carbonyl (C=O) groups excluding carboxylic acids is 1. The molecule has 32 heavy (non-hydrogen) atoms. The van der Waals surface area contributed by atoms with Gasteiger partial charge in [-0.2, -0.15) is 0 Å². The molecule has 1 aromatic rings. The molecule has 4 N–H and O–H groups in total. The summed E-state index contributed by atoms with van der Waals surface area (Å²) in [6.45, 7) is -0.234. The molecule has 0 aliphatic carbocycles. The van der Waals surface area contributed by atoms with E-state index < -0.39 is 35.0 Å². The summed E-state index contributed by atoms with van der Waals surface area (Å²) in [5, 5.41) is 30.0. The Hall–Kier alpha value is -3.26. The van der Waals surface area contributed by atoms with Crippen molar-refractivity contribution in [3.8, 4) is 0 Å². The summed E-state index contributed by atoms with van der Waals surface area (Å²) in [6, 6.07) is 5.92. The van der Waals surface area contributed by atoms with Crippen LogP contribution in [0.5, 0.6) is 0 Å². The van der Waals surface area contributed by atoms with E-state index in [-0.39, 0.29) is 37.7 Å². The van der Waals surface area contributed by atoms with Gasteiger partial charge >= 0.3 is 5.97 Å². The molecule has 0 amide bonds. The van der Waals surface area contributed by atoms with Crippen molar-refractivity contribution in [1.29, 1.82) is 0 Å². The molecule has 0 spiro atoms. The smallest absolute Gasteiger partial charge is 0.355 e. The number of rotatable bonds is 7. The van der Waals surface area contributed by atoms with Crippen LogP contribution in [0, 0.1) is 10.1 Å². The minimum Gasteiger partial charge on any atom is -0.462 e. The third kappa shape index (κ3) is 3.98. The topological polar surface area (TPSA) is 185 Å². The number of aliphatic hydroxyl groups excluding tert-OH is 2. The van der Waals surface area contributed by atoms with Gasteiger partial charge in [0, 0.05) is 25.0 Å². The molecule has 1 fully saturated rings. The van der Waals surface area contributed by atoms with Crippen molar-refractivity contribution in [2.45, 2.75) is 36.9 Å². The van der Waals surface area contributed by atoms with Gasteiger partial charge in [-0.3, -0.25) is 20.8 Å². The summed E-state index contributed by atoms with van der Waals surface area (Å²) in [4.78, 5) is 37.1. The lowest BCUT2D eigenvalue weighted by Crippen LogP contribution is -2.59. The molecule has 1 saturated heterocycles. The van der Waals surface area contributed by atoms with Crippen LogP contribution in [0.1, 0.15) is 12.0 Å². The number of ether oxygens (including phenoxy) is 2. The molecule has 4 atom stereocenters. The first kappa shape index (κ1) is 22.0. The van der Waals surface area contributed by atoms with Gasteiger partial charge in [-0.15, -0.1) is 0 Å². The summed E-state index contributed by atoms with van der Waals surface area (Å²) in [6.07, 6.45) is -0.413. The van der Waals surface area contributed by atoms with Gasteiger partial charge in [0.1, 0.15) is 31.1 Å². The highest BCUT2D eigenvalue weighted by Crippen LogP contribution is 2.28. The number of hydrogen-bond donors (Lipinski definition) is 3. The van der Waals surface area contributed by atoms with Gasteiger partial charge < -0.3 is 24.6 Å². The number of carbonyl (C=O) groups is 1. The van der Waals surface area contributed by atoms with E-state index in [1.54, 1.807) is 17.0 Å². The average Bonchev–Trinajstić information content (AvgIpc) is 3.38. The molecule has 13 heteroatoms. The number of fused-ring (bicyclic) bond motifs is 1. The molecule has 4 rings (SSSR count). The van der Waals surface area contributed by atoms with E-state index in [0.29, 0.717) is 12.3 Å². The van der Waals surface area contributed by atoms with E-state index in [1.165, 1.54) is 12.1 Å². The van der Waals surface area contributed by atoms with Gasteiger partial charge in [0.15, 0.2) is 5.84 Å². The Kier molecular flexibility index (Phi) is 5.97. The zero-order valence-corrected chi connectivity index (χ0v) is 16.9. The first-order valence-electron chi connectivity index (χ1n) is 9.90. The predicted octanol–water partition coefficient (Wildman–Crippen LogP) is -1.04. The Morgan fingerprint density at radius 2 is 2.16 bits per heavy atom. The van der Waals surface area contributed by atoms with E-state index in [9.17, 15) is 25.1 Å². The summed E-state index contributed by atoms with van der Waals surface area (Å²) in [5.41, 5.74) is 5.22. The molecule has 1 unspecified atom stereocenters. The summed E-state index contributed by atoms with van der Waals surface area (Å²) >= 11 is 0. The predicted molar refractivity (Wildman–Crippen MR) is 111 cm³/mol. The summed E-state index contributed by atoms with van der Waals surface area (Å²) in [7, 11) is 0. The first-order chi connectivity index (χ1) is 15.3.